The summed E-state index contributed by atoms with van der Waals surface area (Å²) in [6.45, 7) is 4.37. The van der Waals surface area contributed by atoms with E-state index in [0.717, 1.165) is 0 Å². The van der Waals surface area contributed by atoms with Crippen molar-refractivity contribution in [1.82, 2.24) is 0 Å². The lowest BCUT2D eigenvalue weighted by Crippen LogP contribution is -1.79. The minimum absolute atomic E-state index is 0.536. The third-order valence-electron chi connectivity index (χ3n) is 1.38. The molecule has 0 N–H and O–H groups in total. The van der Waals surface area contributed by atoms with Crippen molar-refractivity contribution < 1.29 is 0 Å². The number of unbranched alkanes of at least 4 members (excludes halogenated alkanes) is 3. The fourth-order valence-electron chi connectivity index (χ4n) is 0.796. The van der Waals surface area contributed by atoms with Crippen LogP contribution in [0.4, 0.5) is 0 Å². The van der Waals surface area contributed by atoms with Crippen LogP contribution in [0.25, 0.3) is 0 Å². The number of rotatable bonds is 5. The van der Waals surface area contributed by atoms with E-state index in [-0.39, 0.29) is 0 Å². The molecule has 0 amide bonds. The predicted octanol–water partition coefficient (Wildman–Crippen LogP) is 3.91. The second-order valence-corrected chi connectivity index (χ2v) is 4.05. The first kappa shape index (κ1) is 10.2. The molecule has 0 aromatic heterocycles. The van der Waals surface area contributed by atoms with E-state index in [1.807, 2.05) is 0 Å². The molecule has 0 bridgehead atoms. The third-order valence-corrected chi connectivity index (χ3v) is 1.68. The summed E-state index contributed by atoms with van der Waals surface area (Å²) in [6.07, 6.45) is 9.72. The molecule has 0 fully saturated rings. The molecule has 0 aromatic carbocycles. The molecule has 0 spiro atoms. The van der Waals surface area contributed by atoms with E-state index < -0.39 is 0 Å². The number of hydrogen-bond donors (Lipinski definition) is 0. The first-order valence-electron chi connectivity index (χ1n) is 4.08. The van der Waals surface area contributed by atoms with Crippen LogP contribution in [0.1, 0.15) is 39.5 Å². The van der Waals surface area contributed by atoms with E-state index in [1.165, 1.54) is 25.7 Å². The summed E-state index contributed by atoms with van der Waals surface area (Å²) in [5.74, 6) is 0. The molecular weight excluding hydrogens is 188 g/mol. The summed E-state index contributed by atoms with van der Waals surface area (Å²) >= 11 is 3.46. The summed E-state index contributed by atoms with van der Waals surface area (Å²) in [4.78, 5) is 0.536. The average Bonchev–Trinajstić information content (AvgIpc) is 1.87. The van der Waals surface area contributed by atoms with E-state index >= 15 is 0 Å². The Labute approximate surface area is 72.8 Å². The summed E-state index contributed by atoms with van der Waals surface area (Å²) in [6, 6.07) is 0. The molecule has 1 heteroatoms. The fraction of sp³-hybridized carbons (Fsp3) is 0.778. The lowest BCUT2D eigenvalue weighted by atomic mass is 10.2. The molecule has 60 valence electrons. The zero-order valence-electron chi connectivity index (χ0n) is 6.94. The van der Waals surface area contributed by atoms with Gasteiger partial charge in [0.15, 0.2) is 0 Å². The van der Waals surface area contributed by atoms with Crippen molar-refractivity contribution >= 4 is 15.9 Å². The maximum absolute atomic E-state index is 3.46. The van der Waals surface area contributed by atoms with Gasteiger partial charge in [0.2, 0.25) is 0 Å². The topological polar surface area (TPSA) is 0 Å². The first-order valence-corrected chi connectivity index (χ1v) is 4.99. The Bertz CT molecular complexity index is 84.7. The SMILES string of the molecule is CCCCC/C=C/C(C)Br. The molecule has 0 aliphatic heterocycles. The van der Waals surface area contributed by atoms with Gasteiger partial charge in [0.25, 0.3) is 0 Å². The van der Waals surface area contributed by atoms with Crippen molar-refractivity contribution in [3.05, 3.63) is 12.2 Å². The van der Waals surface area contributed by atoms with Crippen molar-refractivity contribution in [3.8, 4) is 0 Å². The zero-order chi connectivity index (χ0) is 7.82. The highest BCUT2D eigenvalue weighted by atomic mass is 79.9. The van der Waals surface area contributed by atoms with Crippen LogP contribution in [-0.4, -0.2) is 4.83 Å². The molecule has 0 saturated heterocycles. The van der Waals surface area contributed by atoms with Crippen LogP contribution in [0, 0.1) is 0 Å². The second kappa shape index (κ2) is 7.33. The lowest BCUT2D eigenvalue weighted by Gasteiger charge is -1.93. The van der Waals surface area contributed by atoms with Crippen LogP contribution in [0.15, 0.2) is 12.2 Å². The highest BCUT2D eigenvalue weighted by Gasteiger charge is 1.85. The van der Waals surface area contributed by atoms with Crippen molar-refractivity contribution in [3.63, 3.8) is 0 Å². The minimum Gasteiger partial charge on any atom is -0.0874 e. The van der Waals surface area contributed by atoms with Crippen LogP contribution in [0.2, 0.25) is 0 Å². The molecule has 0 rings (SSSR count). The molecule has 1 atom stereocenters. The first-order chi connectivity index (χ1) is 4.77. The molecule has 0 nitrogen and oxygen atoms in total. The molecular formula is C9H17Br. The standard InChI is InChI=1S/C9H17Br/c1-3-4-5-6-7-8-9(2)10/h7-9H,3-6H2,1-2H3/b8-7+. The Morgan fingerprint density at radius 1 is 1.40 bits per heavy atom. The zero-order valence-corrected chi connectivity index (χ0v) is 8.52. The van der Waals surface area contributed by atoms with Gasteiger partial charge in [-0.15, -0.1) is 0 Å². The Morgan fingerprint density at radius 2 is 2.10 bits per heavy atom. The molecule has 10 heavy (non-hydrogen) atoms. The van der Waals surface area contributed by atoms with Gasteiger partial charge in [-0.25, -0.2) is 0 Å². The third kappa shape index (κ3) is 8.22. The quantitative estimate of drug-likeness (QED) is 0.362. The van der Waals surface area contributed by atoms with Crippen molar-refractivity contribution in [2.24, 2.45) is 0 Å². The molecule has 0 heterocycles. The van der Waals surface area contributed by atoms with E-state index in [9.17, 15) is 0 Å². The van der Waals surface area contributed by atoms with E-state index in [1.54, 1.807) is 0 Å². The molecule has 0 aromatic rings. The average molecular weight is 205 g/mol. The lowest BCUT2D eigenvalue weighted by molar-refractivity contribution is 0.728. The smallest absolute Gasteiger partial charge is 0.0297 e. The Hall–Kier alpha value is 0.220. The van der Waals surface area contributed by atoms with Gasteiger partial charge in [-0.1, -0.05) is 47.8 Å². The van der Waals surface area contributed by atoms with Gasteiger partial charge in [0, 0.05) is 4.83 Å². The van der Waals surface area contributed by atoms with Gasteiger partial charge in [0.1, 0.15) is 0 Å². The van der Waals surface area contributed by atoms with E-state index in [4.69, 9.17) is 0 Å². The van der Waals surface area contributed by atoms with Gasteiger partial charge in [-0.3, -0.25) is 0 Å². The largest absolute Gasteiger partial charge is 0.0874 e. The van der Waals surface area contributed by atoms with Gasteiger partial charge in [-0.05, 0) is 19.8 Å². The summed E-state index contributed by atoms with van der Waals surface area (Å²) in [7, 11) is 0. The monoisotopic (exact) mass is 204 g/mol. The van der Waals surface area contributed by atoms with Crippen molar-refractivity contribution in [1.29, 1.82) is 0 Å². The highest BCUT2D eigenvalue weighted by molar-refractivity contribution is 9.09. The number of halogens is 1. The molecule has 0 aliphatic carbocycles. The Balaban J connectivity index is 3.02. The van der Waals surface area contributed by atoms with Crippen molar-refractivity contribution in [2.45, 2.75) is 44.4 Å². The van der Waals surface area contributed by atoms with Crippen LogP contribution in [-0.2, 0) is 0 Å². The number of hydrogen-bond acceptors (Lipinski definition) is 0. The van der Waals surface area contributed by atoms with Crippen molar-refractivity contribution in [2.75, 3.05) is 0 Å². The fourth-order valence-corrected chi connectivity index (χ4v) is 1.01. The van der Waals surface area contributed by atoms with Crippen LogP contribution >= 0.6 is 15.9 Å². The van der Waals surface area contributed by atoms with E-state index in [2.05, 4.69) is 41.9 Å². The highest BCUT2D eigenvalue weighted by Crippen LogP contribution is 2.03. The van der Waals surface area contributed by atoms with Gasteiger partial charge in [0.05, 0.1) is 0 Å². The molecule has 1 unspecified atom stereocenters. The number of alkyl halides is 1. The summed E-state index contributed by atoms with van der Waals surface area (Å²) < 4.78 is 0. The summed E-state index contributed by atoms with van der Waals surface area (Å²) in [5.41, 5.74) is 0. The van der Waals surface area contributed by atoms with Gasteiger partial charge < -0.3 is 0 Å². The van der Waals surface area contributed by atoms with E-state index in [0.29, 0.717) is 4.83 Å². The normalized spacial score (nSPS) is 14.3. The second-order valence-electron chi connectivity index (χ2n) is 2.60. The van der Waals surface area contributed by atoms with Gasteiger partial charge in [-0.2, -0.15) is 0 Å². The predicted molar refractivity (Wildman–Crippen MR) is 51.7 cm³/mol. The Kier molecular flexibility index (Phi) is 7.49. The van der Waals surface area contributed by atoms with Gasteiger partial charge >= 0.3 is 0 Å². The maximum atomic E-state index is 3.46. The van der Waals surface area contributed by atoms with Crippen LogP contribution < -0.4 is 0 Å². The minimum atomic E-state index is 0.536. The maximum Gasteiger partial charge on any atom is 0.0297 e. The van der Waals surface area contributed by atoms with Crippen LogP contribution in [0.3, 0.4) is 0 Å². The summed E-state index contributed by atoms with van der Waals surface area (Å²) in [5, 5.41) is 0. The Morgan fingerprint density at radius 3 is 2.60 bits per heavy atom. The molecule has 0 radical (unpaired) electrons. The number of allylic oxidation sites excluding steroid dienone is 2. The van der Waals surface area contributed by atoms with Crippen LogP contribution in [0.5, 0.6) is 0 Å². The molecule has 0 saturated carbocycles. The molecule has 0 aliphatic rings.